The lowest BCUT2D eigenvalue weighted by Gasteiger charge is -2.14. The lowest BCUT2D eigenvalue weighted by atomic mass is 9.85. The Morgan fingerprint density at radius 2 is 1.75 bits per heavy atom. The molecule has 144 valence electrons. The van der Waals surface area contributed by atoms with Gasteiger partial charge in [0.15, 0.2) is 6.61 Å². The Balaban J connectivity index is 1.30. The summed E-state index contributed by atoms with van der Waals surface area (Å²) < 4.78 is 5.06. The van der Waals surface area contributed by atoms with Gasteiger partial charge in [-0.2, -0.15) is 0 Å². The first kappa shape index (κ1) is 18.2. The predicted molar refractivity (Wildman–Crippen MR) is 100 cm³/mol. The van der Waals surface area contributed by atoms with E-state index in [2.05, 4.69) is 4.98 Å². The molecule has 0 saturated carbocycles. The van der Waals surface area contributed by atoms with Crippen LogP contribution in [-0.4, -0.2) is 46.6 Å². The van der Waals surface area contributed by atoms with Crippen LogP contribution >= 0.6 is 0 Å². The molecule has 2 atom stereocenters. The van der Waals surface area contributed by atoms with Crippen molar-refractivity contribution in [2.24, 2.45) is 11.8 Å². The van der Waals surface area contributed by atoms with E-state index in [4.69, 9.17) is 4.74 Å². The average molecular weight is 380 g/mol. The van der Waals surface area contributed by atoms with Gasteiger partial charge in [-0.3, -0.25) is 24.1 Å². The lowest BCUT2D eigenvalue weighted by Crippen LogP contribution is -2.33. The van der Waals surface area contributed by atoms with E-state index in [-0.39, 0.29) is 49.0 Å². The average Bonchev–Trinajstić information content (AvgIpc) is 3.25. The van der Waals surface area contributed by atoms with Crippen LogP contribution in [0.2, 0.25) is 0 Å². The Morgan fingerprint density at radius 1 is 1.07 bits per heavy atom. The third-order valence-electron chi connectivity index (χ3n) is 5.39. The van der Waals surface area contributed by atoms with Crippen molar-refractivity contribution >= 4 is 34.5 Å². The summed E-state index contributed by atoms with van der Waals surface area (Å²) >= 11 is 0. The number of ketones is 1. The van der Waals surface area contributed by atoms with Crippen LogP contribution in [0.1, 0.15) is 29.6 Å². The number of hydrogen-bond donors (Lipinski definition) is 1. The van der Waals surface area contributed by atoms with Crippen LogP contribution in [0.25, 0.3) is 10.9 Å². The van der Waals surface area contributed by atoms with Gasteiger partial charge in [-0.05, 0) is 18.9 Å². The van der Waals surface area contributed by atoms with E-state index in [1.807, 2.05) is 36.4 Å². The van der Waals surface area contributed by atoms with Crippen molar-refractivity contribution in [2.45, 2.75) is 19.3 Å². The molecule has 7 nitrogen and oxygen atoms in total. The monoisotopic (exact) mass is 380 g/mol. The fraction of sp³-hybridized carbons (Fsp3) is 0.333. The number of amides is 2. The highest BCUT2D eigenvalue weighted by Gasteiger charge is 2.46. The highest BCUT2D eigenvalue weighted by Crippen LogP contribution is 2.35. The third-order valence-corrected chi connectivity index (χ3v) is 5.39. The van der Waals surface area contributed by atoms with Gasteiger partial charge in [-0.25, -0.2) is 0 Å². The SMILES string of the molecule is O=C(CCN1C(=O)[C@H]2CC=CC[C@H]2C1=O)OCC(=O)c1c[nH]c2ccccc12. The second-order valence-electron chi connectivity index (χ2n) is 7.07. The summed E-state index contributed by atoms with van der Waals surface area (Å²) in [4.78, 5) is 53.3. The van der Waals surface area contributed by atoms with Gasteiger partial charge in [0, 0.05) is 29.2 Å². The number of para-hydroxylation sites is 1. The van der Waals surface area contributed by atoms with E-state index in [0.29, 0.717) is 18.4 Å². The number of esters is 1. The van der Waals surface area contributed by atoms with Crippen molar-refractivity contribution in [1.82, 2.24) is 9.88 Å². The highest BCUT2D eigenvalue weighted by atomic mass is 16.5. The Bertz CT molecular complexity index is 964. The first-order valence-corrected chi connectivity index (χ1v) is 9.31. The van der Waals surface area contributed by atoms with Crippen LogP contribution in [0.15, 0.2) is 42.6 Å². The molecule has 1 N–H and O–H groups in total. The lowest BCUT2D eigenvalue weighted by molar-refractivity contribution is -0.145. The number of H-pyrrole nitrogens is 1. The second kappa shape index (κ2) is 7.42. The molecule has 0 radical (unpaired) electrons. The van der Waals surface area contributed by atoms with E-state index >= 15 is 0 Å². The number of nitrogens with one attached hydrogen (secondary N) is 1. The predicted octanol–water partition coefficient (Wildman–Crippen LogP) is 2.24. The molecule has 2 aliphatic rings. The van der Waals surface area contributed by atoms with Crippen LogP contribution in [0.3, 0.4) is 0 Å². The van der Waals surface area contributed by atoms with E-state index in [1.54, 1.807) is 6.20 Å². The molecular formula is C21H20N2O5. The smallest absolute Gasteiger partial charge is 0.308 e. The maximum atomic E-state index is 12.4. The highest BCUT2D eigenvalue weighted by molar-refractivity contribution is 6.09. The number of carbonyl (C=O) groups is 4. The number of carbonyl (C=O) groups excluding carboxylic acids is 4. The van der Waals surface area contributed by atoms with Gasteiger partial charge in [0.25, 0.3) is 0 Å². The largest absolute Gasteiger partial charge is 0.457 e. The molecule has 2 amide bonds. The zero-order chi connectivity index (χ0) is 19.7. The minimum absolute atomic E-state index is 0.00915. The summed E-state index contributed by atoms with van der Waals surface area (Å²) in [7, 11) is 0. The number of aromatic nitrogens is 1. The number of rotatable bonds is 6. The van der Waals surface area contributed by atoms with Crippen LogP contribution in [0.4, 0.5) is 0 Å². The Labute approximate surface area is 161 Å². The summed E-state index contributed by atoms with van der Waals surface area (Å²) in [5.74, 6) is -1.98. The van der Waals surface area contributed by atoms with Crippen molar-refractivity contribution < 1.29 is 23.9 Å². The maximum absolute atomic E-state index is 12.4. The Hall–Kier alpha value is -3.22. The van der Waals surface area contributed by atoms with Gasteiger partial charge in [-0.1, -0.05) is 30.4 Å². The summed E-state index contributed by atoms with van der Waals surface area (Å²) in [5.41, 5.74) is 1.30. The number of ether oxygens (including phenoxy) is 1. The molecule has 2 aromatic rings. The molecule has 0 spiro atoms. The number of aromatic amines is 1. The first-order chi connectivity index (χ1) is 13.6. The van der Waals surface area contributed by atoms with Gasteiger partial charge < -0.3 is 9.72 Å². The van der Waals surface area contributed by atoms with Crippen molar-refractivity contribution in [3.05, 3.63) is 48.2 Å². The van der Waals surface area contributed by atoms with Gasteiger partial charge in [0.05, 0.1) is 18.3 Å². The molecule has 1 aromatic heterocycles. The molecule has 28 heavy (non-hydrogen) atoms. The topological polar surface area (TPSA) is 96.5 Å². The first-order valence-electron chi connectivity index (χ1n) is 9.31. The standard InChI is InChI=1S/C21H20N2O5/c24-18(16-11-22-17-8-4-3-5-13(16)17)12-28-19(25)9-10-23-20(26)14-6-1-2-7-15(14)21(23)27/h1-5,8,11,14-15,22H,6-7,9-10,12H2/t14-,15+. The van der Waals surface area contributed by atoms with Gasteiger partial charge in [0.1, 0.15) is 0 Å². The molecule has 1 aliphatic heterocycles. The fourth-order valence-corrected chi connectivity index (χ4v) is 3.89. The normalized spacial score (nSPS) is 21.2. The molecule has 7 heteroatoms. The molecule has 1 aliphatic carbocycles. The second-order valence-corrected chi connectivity index (χ2v) is 7.07. The van der Waals surface area contributed by atoms with Crippen molar-refractivity contribution in [3.8, 4) is 0 Å². The van der Waals surface area contributed by atoms with Gasteiger partial charge in [0.2, 0.25) is 17.6 Å². The Kier molecular flexibility index (Phi) is 4.81. The molecule has 0 bridgehead atoms. The third kappa shape index (κ3) is 3.24. The number of Topliss-reactive ketones (excluding diaryl/α,β-unsaturated/α-hetero) is 1. The summed E-state index contributed by atoms with van der Waals surface area (Å²) in [6, 6.07) is 7.37. The van der Waals surface area contributed by atoms with Crippen LogP contribution < -0.4 is 0 Å². The van der Waals surface area contributed by atoms with Crippen LogP contribution in [0.5, 0.6) is 0 Å². The zero-order valence-corrected chi connectivity index (χ0v) is 15.2. The quantitative estimate of drug-likeness (QED) is 0.359. The molecule has 1 fully saturated rings. The molecule has 2 heterocycles. The molecule has 1 aromatic carbocycles. The maximum Gasteiger partial charge on any atom is 0.308 e. The van der Waals surface area contributed by atoms with E-state index in [0.717, 1.165) is 15.8 Å². The van der Waals surface area contributed by atoms with Crippen LogP contribution in [-0.2, 0) is 19.1 Å². The summed E-state index contributed by atoms with van der Waals surface area (Å²) in [6.07, 6.45) is 6.44. The summed E-state index contributed by atoms with van der Waals surface area (Å²) in [5, 5.41) is 0.771. The van der Waals surface area contributed by atoms with Crippen molar-refractivity contribution in [1.29, 1.82) is 0 Å². The number of benzene rings is 1. The van der Waals surface area contributed by atoms with Crippen molar-refractivity contribution in [3.63, 3.8) is 0 Å². The molecule has 1 saturated heterocycles. The van der Waals surface area contributed by atoms with Crippen molar-refractivity contribution in [2.75, 3.05) is 13.2 Å². The zero-order valence-electron chi connectivity index (χ0n) is 15.2. The number of allylic oxidation sites excluding steroid dienone is 2. The number of hydrogen-bond acceptors (Lipinski definition) is 5. The van der Waals surface area contributed by atoms with Crippen LogP contribution in [0, 0.1) is 11.8 Å². The number of likely N-dealkylation sites (tertiary alicyclic amines) is 1. The fourth-order valence-electron chi connectivity index (χ4n) is 3.89. The Morgan fingerprint density at radius 3 is 2.46 bits per heavy atom. The molecule has 4 rings (SSSR count). The van der Waals surface area contributed by atoms with E-state index in [9.17, 15) is 19.2 Å². The number of nitrogens with zero attached hydrogens (tertiary/aromatic N) is 1. The number of fused-ring (bicyclic) bond motifs is 2. The minimum atomic E-state index is -0.609. The van der Waals surface area contributed by atoms with Gasteiger partial charge in [-0.15, -0.1) is 0 Å². The van der Waals surface area contributed by atoms with Gasteiger partial charge >= 0.3 is 5.97 Å². The summed E-state index contributed by atoms with van der Waals surface area (Å²) in [6.45, 7) is -0.386. The van der Waals surface area contributed by atoms with E-state index in [1.165, 1.54) is 0 Å². The van der Waals surface area contributed by atoms with E-state index < -0.39 is 5.97 Å². The molecule has 0 unspecified atom stereocenters. The molecular weight excluding hydrogens is 360 g/mol. The number of imide groups is 1. The minimum Gasteiger partial charge on any atom is -0.457 e.